The third-order valence-electron chi connectivity index (χ3n) is 7.44. The molecule has 6 rings (SSSR count). The van der Waals surface area contributed by atoms with Gasteiger partial charge in [-0.2, -0.15) is 10.1 Å². The zero-order valence-corrected chi connectivity index (χ0v) is 21.3. The Morgan fingerprint density at radius 3 is 2.66 bits per heavy atom. The predicted octanol–water partition coefficient (Wildman–Crippen LogP) is 3.63. The first-order valence-corrected chi connectivity index (χ1v) is 12.4. The minimum Gasteiger partial charge on any atom is -0.496 e. The average molecular weight is 513 g/mol. The van der Waals surface area contributed by atoms with E-state index in [1.807, 2.05) is 16.7 Å². The van der Waals surface area contributed by atoms with E-state index in [2.05, 4.69) is 21.5 Å². The summed E-state index contributed by atoms with van der Waals surface area (Å²) in [5.74, 6) is 0.648. The zero-order valence-electron chi connectivity index (χ0n) is 21.3. The first-order valence-electron chi connectivity index (χ1n) is 12.4. The Morgan fingerprint density at radius 1 is 1.18 bits per heavy atom. The van der Waals surface area contributed by atoms with E-state index < -0.39 is 5.54 Å². The van der Waals surface area contributed by atoms with Crippen LogP contribution in [-0.4, -0.2) is 59.8 Å². The Balaban J connectivity index is 1.58. The number of carbonyl (C=O) groups is 1. The lowest BCUT2D eigenvalue weighted by Crippen LogP contribution is -2.45. The van der Waals surface area contributed by atoms with Gasteiger partial charge in [-0.1, -0.05) is 0 Å². The molecule has 192 valence electrons. The summed E-state index contributed by atoms with van der Waals surface area (Å²) < 4.78 is 21.4. The fraction of sp³-hybridized carbons (Fsp3) is 0.333. The van der Waals surface area contributed by atoms with E-state index in [0.717, 1.165) is 23.2 Å². The standard InChI is InChI=1S/C27H25FN8O2/c1-27(15-29)10-4-11-36(27)26(37)25-30-22(16-5-7-18(28)8-6-16)23-19-14-20(24-31-33-34(2)32-24)21(38-3)13-17(19)9-12-35(23)25/h5-8,13-14H,4,9-12H2,1-3H3/t27-/m1/s1. The van der Waals surface area contributed by atoms with Crippen LogP contribution in [0.25, 0.3) is 33.9 Å². The number of carbonyl (C=O) groups excluding carboxylic acids is 1. The van der Waals surface area contributed by atoms with Crippen molar-refractivity contribution in [2.24, 2.45) is 7.05 Å². The van der Waals surface area contributed by atoms with Crippen molar-refractivity contribution < 1.29 is 13.9 Å². The highest BCUT2D eigenvalue weighted by atomic mass is 19.1. The number of nitrogens with zero attached hydrogens (tertiary/aromatic N) is 8. The summed E-state index contributed by atoms with van der Waals surface area (Å²) in [6.45, 7) is 2.80. The number of aromatic nitrogens is 6. The number of hydrogen-bond acceptors (Lipinski definition) is 7. The summed E-state index contributed by atoms with van der Waals surface area (Å²) in [5.41, 5.74) is 3.64. The van der Waals surface area contributed by atoms with Crippen molar-refractivity contribution in [3.8, 4) is 45.7 Å². The summed E-state index contributed by atoms with van der Waals surface area (Å²) in [5, 5.41) is 22.3. The van der Waals surface area contributed by atoms with Crippen LogP contribution in [0, 0.1) is 17.1 Å². The number of amides is 1. The van der Waals surface area contributed by atoms with Gasteiger partial charge in [-0.3, -0.25) is 4.79 Å². The molecule has 2 aliphatic heterocycles. The van der Waals surface area contributed by atoms with Gasteiger partial charge in [0.2, 0.25) is 5.82 Å². The molecule has 0 saturated carbocycles. The Labute approximate surface area is 218 Å². The number of fused-ring (bicyclic) bond motifs is 3. The van der Waals surface area contributed by atoms with Gasteiger partial charge in [-0.25, -0.2) is 9.37 Å². The Bertz CT molecular complexity index is 1620. The van der Waals surface area contributed by atoms with Crippen molar-refractivity contribution in [1.82, 2.24) is 34.7 Å². The minimum absolute atomic E-state index is 0.267. The molecule has 2 aromatic heterocycles. The van der Waals surface area contributed by atoms with Crippen molar-refractivity contribution in [2.45, 2.75) is 38.3 Å². The van der Waals surface area contributed by atoms with Gasteiger partial charge < -0.3 is 14.2 Å². The molecule has 0 N–H and O–H groups in total. The summed E-state index contributed by atoms with van der Waals surface area (Å²) >= 11 is 0. The summed E-state index contributed by atoms with van der Waals surface area (Å²) in [4.78, 5) is 21.7. The summed E-state index contributed by atoms with van der Waals surface area (Å²) in [7, 11) is 3.28. The SMILES string of the molecule is COc1cc2c(cc1-c1nnn(C)n1)-c1c(-c3ccc(F)cc3)nc(C(=O)N3CCC[C@]3(C)C#N)n1CC2. The highest BCUT2D eigenvalue weighted by Crippen LogP contribution is 2.43. The zero-order chi connectivity index (χ0) is 26.6. The fourth-order valence-corrected chi connectivity index (χ4v) is 5.46. The molecular formula is C27H25FN8O2. The molecule has 10 nitrogen and oxygen atoms in total. The Morgan fingerprint density at radius 2 is 1.97 bits per heavy atom. The van der Waals surface area contributed by atoms with Crippen LogP contribution in [-0.2, 0) is 20.0 Å². The highest BCUT2D eigenvalue weighted by Gasteiger charge is 2.42. The quantitative estimate of drug-likeness (QED) is 0.410. The van der Waals surface area contributed by atoms with E-state index in [1.165, 1.54) is 16.9 Å². The van der Waals surface area contributed by atoms with Crippen molar-refractivity contribution in [3.05, 3.63) is 53.6 Å². The molecule has 0 spiro atoms. The van der Waals surface area contributed by atoms with Crippen LogP contribution in [0.4, 0.5) is 4.39 Å². The van der Waals surface area contributed by atoms with E-state index in [9.17, 15) is 14.4 Å². The molecule has 0 aliphatic carbocycles. The van der Waals surface area contributed by atoms with E-state index in [4.69, 9.17) is 9.72 Å². The second kappa shape index (κ2) is 8.76. The maximum Gasteiger partial charge on any atom is 0.291 e. The largest absolute Gasteiger partial charge is 0.496 e. The molecule has 0 unspecified atom stereocenters. The van der Waals surface area contributed by atoms with Crippen LogP contribution in [0.2, 0.25) is 0 Å². The van der Waals surface area contributed by atoms with Gasteiger partial charge in [-0.15, -0.1) is 10.2 Å². The van der Waals surface area contributed by atoms with Gasteiger partial charge in [0.25, 0.3) is 5.91 Å². The molecule has 1 saturated heterocycles. The number of aryl methyl sites for hydroxylation is 2. The number of hydrogen-bond donors (Lipinski definition) is 0. The third kappa shape index (κ3) is 3.63. The number of nitriles is 1. The van der Waals surface area contributed by atoms with Gasteiger partial charge in [0.1, 0.15) is 17.1 Å². The van der Waals surface area contributed by atoms with Crippen molar-refractivity contribution >= 4 is 5.91 Å². The van der Waals surface area contributed by atoms with Crippen molar-refractivity contribution in [3.63, 3.8) is 0 Å². The topological polar surface area (TPSA) is 115 Å². The lowest BCUT2D eigenvalue weighted by atomic mass is 9.92. The summed E-state index contributed by atoms with van der Waals surface area (Å²) in [6.07, 6.45) is 2.01. The van der Waals surface area contributed by atoms with Crippen LogP contribution in [0.1, 0.15) is 35.9 Å². The van der Waals surface area contributed by atoms with E-state index >= 15 is 0 Å². The predicted molar refractivity (Wildman–Crippen MR) is 135 cm³/mol. The molecule has 0 radical (unpaired) electrons. The van der Waals surface area contributed by atoms with Crippen LogP contribution >= 0.6 is 0 Å². The third-order valence-corrected chi connectivity index (χ3v) is 7.44. The molecule has 0 bridgehead atoms. The normalized spacial score (nSPS) is 18.1. The van der Waals surface area contributed by atoms with E-state index in [0.29, 0.717) is 54.3 Å². The monoisotopic (exact) mass is 512 g/mol. The molecule has 2 aliphatic rings. The van der Waals surface area contributed by atoms with Crippen LogP contribution in [0.5, 0.6) is 5.75 Å². The number of ether oxygens (including phenoxy) is 1. The maximum absolute atomic E-state index is 13.9. The lowest BCUT2D eigenvalue weighted by molar-refractivity contribution is 0.0675. The van der Waals surface area contributed by atoms with Crippen molar-refractivity contribution in [2.75, 3.05) is 13.7 Å². The molecule has 2 aromatic carbocycles. The Hall–Kier alpha value is -4.59. The second-order valence-corrected chi connectivity index (χ2v) is 9.80. The minimum atomic E-state index is -0.885. The smallest absolute Gasteiger partial charge is 0.291 e. The summed E-state index contributed by atoms with van der Waals surface area (Å²) in [6, 6.07) is 12.3. The lowest BCUT2D eigenvalue weighted by Gasteiger charge is -2.29. The maximum atomic E-state index is 13.9. The fourth-order valence-electron chi connectivity index (χ4n) is 5.46. The van der Waals surface area contributed by atoms with Crippen LogP contribution < -0.4 is 4.74 Å². The number of halogens is 1. The second-order valence-electron chi connectivity index (χ2n) is 9.80. The number of likely N-dealkylation sites (tertiary alicyclic amines) is 1. The van der Waals surface area contributed by atoms with E-state index in [-0.39, 0.29) is 17.5 Å². The van der Waals surface area contributed by atoms with Gasteiger partial charge in [0.15, 0.2) is 5.82 Å². The number of imidazole rings is 1. The van der Waals surface area contributed by atoms with E-state index in [1.54, 1.807) is 38.1 Å². The molecule has 1 atom stereocenters. The molecule has 11 heteroatoms. The first kappa shape index (κ1) is 23.8. The van der Waals surface area contributed by atoms with Crippen molar-refractivity contribution in [1.29, 1.82) is 5.26 Å². The van der Waals surface area contributed by atoms with Gasteiger partial charge in [-0.05, 0) is 73.4 Å². The number of tetrazole rings is 1. The molecule has 1 fully saturated rings. The number of rotatable bonds is 4. The van der Waals surface area contributed by atoms with Gasteiger partial charge in [0.05, 0.1) is 37.2 Å². The molecule has 4 heterocycles. The average Bonchev–Trinajstić information content (AvgIpc) is 3.65. The molecule has 38 heavy (non-hydrogen) atoms. The van der Waals surface area contributed by atoms with Crippen LogP contribution in [0.3, 0.4) is 0 Å². The number of benzene rings is 2. The van der Waals surface area contributed by atoms with Gasteiger partial charge >= 0.3 is 0 Å². The Kier molecular flexibility index (Phi) is 5.48. The molecular weight excluding hydrogens is 487 g/mol. The van der Waals surface area contributed by atoms with Crippen LogP contribution in [0.15, 0.2) is 36.4 Å². The number of methoxy groups -OCH3 is 1. The van der Waals surface area contributed by atoms with Gasteiger partial charge in [0, 0.05) is 24.2 Å². The molecule has 1 amide bonds. The molecule has 4 aromatic rings. The first-order chi connectivity index (χ1) is 18.3. The highest BCUT2D eigenvalue weighted by molar-refractivity contribution is 5.96.